The van der Waals surface area contributed by atoms with Crippen molar-refractivity contribution in [2.45, 2.75) is 12.7 Å². The first kappa shape index (κ1) is 17.9. The number of rotatable bonds is 5. The van der Waals surface area contributed by atoms with Crippen LogP contribution in [0.5, 0.6) is 0 Å². The number of carbonyl (C=O) groups is 1. The second kappa shape index (κ2) is 7.44. The molecule has 1 atom stereocenters. The minimum atomic E-state index is -4.40. The zero-order chi connectivity index (χ0) is 17.7. The van der Waals surface area contributed by atoms with E-state index >= 15 is 0 Å². The van der Waals surface area contributed by atoms with Gasteiger partial charge in [0.1, 0.15) is 12.4 Å². The summed E-state index contributed by atoms with van der Waals surface area (Å²) in [7, 11) is 1.80. The van der Waals surface area contributed by atoms with Gasteiger partial charge in [0.2, 0.25) is 0 Å². The van der Waals surface area contributed by atoms with E-state index < -0.39 is 11.7 Å². The van der Waals surface area contributed by atoms with Crippen LogP contribution in [-0.2, 0) is 17.5 Å². The highest BCUT2D eigenvalue weighted by molar-refractivity contribution is 5.91. The molecule has 2 aromatic rings. The van der Waals surface area contributed by atoms with Crippen molar-refractivity contribution in [3.63, 3.8) is 0 Å². The van der Waals surface area contributed by atoms with E-state index in [1.807, 2.05) is 0 Å². The monoisotopic (exact) mass is 341 g/mol. The van der Waals surface area contributed by atoms with E-state index in [4.69, 9.17) is 0 Å². The van der Waals surface area contributed by atoms with Crippen LogP contribution in [0.2, 0.25) is 0 Å². The molecule has 0 aromatic heterocycles. The molecule has 0 aliphatic rings. The average molecular weight is 341 g/mol. The maximum absolute atomic E-state index is 12.8. The summed E-state index contributed by atoms with van der Waals surface area (Å²) in [6.45, 7) is 0.666. The van der Waals surface area contributed by atoms with Gasteiger partial charge in [0.05, 0.1) is 12.6 Å². The zero-order valence-electron chi connectivity index (χ0n) is 13.0. The molecule has 0 aliphatic heterocycles. The van der Waals surface area contributed by atoms with E-state index in [-0.39, 0.29) is 18.3 Å². The Morgan fingerprint density at radius 3 is 2.17 bits per heavy atom. The quantitative estimate of drug-likeness (QED) is 0.805. The Hall–Kier alpha value is -2.41. The van der Waals surface area contributed by atoms with E-state index in [2.05, 4.69) is 5.32 Å². The third kappa shape index (κ3) is 5.34. The molecular formula is C17H17F4N2O+. The molecule has 0 bridgehead atoms. The molecule has 0 fully saturated rings. The number of carbonyl (C=O) groups excluding carboxylic acids is 1. The second-order valence-corrected chi connectivity index (χ2v) is 5.56. The molecule has 24 heavy (non-hydrogen) atoms. The molecule has 0 spiro atoms. The Morgan fingerprint density at radius 1 is 1.04 bits per heavy atom. The number of nitrogens with one attached hydrogen (secondary N) is 2. The lowest BCUT2D eigenvalue weighted by atomic mass is 10.2. The van der Waals surface area contributed by atoms with Crippen molar-refractivity contribution in [3.8, 4) is 0 Å². The highest BCUT2D eigenvalue weighted by Crippen LogP contribution is 2.29. The number of anilines is 1. The molecule has 7 heteroatoms. The SMILES string of the molecule is C[NH+](CC(=O)Nc1ccc(C(F)(F)F)cc1)Cc1ccc(F)cc1. The van der Waals surface area contributed by atoms with Crippen LogP contribution >= 0.6 is 0 Å². The predicted molar refractivity (Wildman–Crippen MR) is 81.9 cm³/mol. The summed E-state index contributed by atoms with van der Waals surface area (Å²) < 4.78 is 50.3. The first-order chi connectivity index (χ1) is 11.2. The van der Waals surface area contributed by atoms with Crippen LogP contribution in [0, 0.1) is 5.82 Å². The maximum atomic E-state index is 12.8. The van der Waals surface area contributed by atoms with E-state index in [9.17, 15) is 22.4 Å². The third-order valence-electron chi connectivity index (χ3n) is 3.38. The van der Waals surface area contributed by atoms with Gasteiger partial charge < -0.3 is 10.2 Å². The molecule has 0 saturated heterocycles. The molecule has 128 valence electrons. The molecule has 0 saturated carbocycles. The molecule has 2 aromatic carbocycles. The zero-order valence-corrected chi connectivity index (χ0v) is 13.0. The van der Waals surface area contributed by atoms with E-state index in [1.165, 1.54) is 24.3 Å². The van der Waals surface area contributed by atoms with Gasteiger partial charge in [0, 0.05) is 11.3 Å². The molecule has 2 N–H and O–H groups in total. The van der Waals surface area contributed by atoms with Crippen LogP contribution in [0.15, 0.2) is 48.5 Å². The summed E-state index contributed by atoms with van der Waals surface area (Å²) in [5, 5.41) is 2.56. The summed E-state index contributed by atoms with van der Waals surface area (Å²) in [5.74, 6) is -0.633. The molecule has 1 unspecified atom stereocenters. The molecular weight excluding hydrogens is 324 g/mol. The lowest BCUT2D eigenvalue weighted by Gasteiger charge is -2.14. The van der Waals surface area contributed by atoms with Crippen molar-refractivity contribution in [1.29, 1.82) is 0 Å². The summed E-state index contributed by atoms with van der Waals surface area (Å²) in [5.41, 5.74) is 0.429. The Labute approximate surface area is 136 Å². The number of amides is 1. The van der Waals surface area contributed by atoms with Gasteiger partial charge in [0.25, 0.3) is 5.91 Å². The number of benzene rings is 2. The van der Waals surface area contributed by atoms with Crippen molar-refractivity contribution < 1.29 is 27.3 Å². The molecule has 3 nitrogen and oxygen atoms in total. The van der Waals surface area contributed by atoms with Gasteiger partial charge in [-0.3, -0.25) is 4.79 Å². The molecule has 2 rings (SSSR count). The first-order valence-electron chi connectivity index (χ1n) is 7.27. The van der Waals surface area contributed by atoms with Crippen molar-refractivity contribution in [2.75, 3.05) is 18.9 Å². The van der Waals surface area contributed by atoms with E-state index in [1.54, 1.807) is 19.2 Å². The van der Waals surface area contributed by atoms with Crippen molar-refractivity contribution >= 4 is 11.6 Å². The van der Waals surface area contributed by atoms with Gasteiger partial charge >= 0.3 is 6.18 Å². The summed E-state index contributed by atoms with van der Waals surface area (Å²) >= 11 is 0. The van der Waals surface area contributed by atoms with Crippen LogP contribution in [0.3, 0.4) is 0 Å². The van der Waals surface area contributed by atoms with Gasteiger partial charge in [-0.05, 0) is 36.4 Å². The number of likely N-dealkylation sites (N-methyl/N-ethyl adjacent to an activating group) is 1. The van der Waals surface area contributed by atoms with Crippen molar-refractivity contribution in [2.24, 2.45) is 0 Å². The lowest BCUT2D eigenvalue weighted by molar-refractivity contribution is -0.885. The fourth-order valence-corrected chi connectivity index (χ4v) is 2.24. The molecule has 1 amide bonds. The average Bonchev–Trinajstić information content (AvgIpc) is 2.49. The molecule has 0 radical (unpaired) electrons. The Balaban J connectivity index is 1.87. The van der Waals surface area contributed by atoms with Gasteiger partial charge in [-0.1, -0.05) is 12.1 Å². The van der Waals surface area contributed by atoms with Crippen LogP contribution < -0.4 is 10.2 Å². The van der Waals surface area contributed by atoms with E-state index in [0.29, 0.717) is 12.2 Å². The number of hydrogen-bond donors (Lipinski definition) is 2. The summed E-state index contributed by atoms with van der Waals surface area (Å²) in [4.78, 5) is 12.8. The van der Waals surface area contributed by atoms with Gasteiger partial charge in [-0.2, -0.15) is 13.2 Å². The number of halogens is 4. The summed E-state index contributed by atoms with van der Waals surface area (Å²) in [6.07, 6.45) is -4.40. The van der Waals surface area contributed by atoms with Crippen LogP contribution in [0.25, 0.3) is 0 Å². The second-order valence-electron chi connectivity index (χ2n) is 5.56. The Kier molecular flexibility index (Phi) is 5.56. The van der Waals surface area contributed by atoms with Crippen LogP contribution in [0.4, 0.5) is 23.2 Å². The highest BCUT2D eigenvalue weighted by Gasteiger charge is 2.30. The Morgan fingerprint density at radius 2 is 1.62 bits per heavy atom. The topological polar surface area (TPSA) is 33.5 Å². The Bertz CT molecular complexity index is 681. The number of quaternary nitrogens is 1. The van der Waals surface area contributed by atoms with Crippen molar-refractivity contribution in [3.05, 3.63) is 65.5 Å². The van der Waals surface area contributed by atoms with Crippen molar-refractivity contribution in [1.82, 2.24) is 0 Å². The fraction of sp³-hybridized carbons (Fsp3) is 0.235. The fourth-order valence-electron chi connectivity index (χ4n) is 2.24. The smallest absolute Gasteiger partial charge is 0.326 e. The lowest BCUT2D eigenvalue weighted by Crippen LogP contribution is -3.08. The predicted octanol–water partition coefficient (Wildman–Crippen LogP) is 2.50. The van der Waals surface area contributed by atoms with E-state index in [0.717, 1.165) is 22.6 Å². The van der Waals surface area contributed by atoms with Gasteiger partial charge in [-0.15, -0.1) is 0 Å². The highest BCUT2D eigenvalue weighted by atomic mass is 19.4. The maximum Gasteiger partial charge on any atom is 0.416 e. The normalized spacial score (nSPS) is 12.7. The van der Waals surface area contributed by atoms with Gasteiger partial charge in [-0.25, -0.2) is 4.39 Å². The minimum absolute atomic E-state index is 0.137. The molecule has 0 aliphatic carbocycles. The molecule has 0 heterocycles. The third-order valence-corrected chi connectivity index (χ3v) is 3.38. The summed E-state index contributed by atoms with van der Waals surface area (Å²) in [6, 6.07) is 10.3. The number of hydrogen-bond acceptors (Lipinski definition) is 1. The minimum Gasteiger partial charge on any atom is -0.326 e. The first-order valence-corrected chi connectivity index (χ1v) is 7.27. The standard InChI is InChI=1S/C17H16F4N2O/c1-23(10-12-2-6-14(18)7-3-12)11-16(24)22-15-8-4-13(5-9-15)17(19,20)21/h2-9H,10-11H2,1H3,(H,22,24)/p+1. The van der Waals surface area contributed by atoms with Gasteiger partial charge in [0.15, 0.2) is 6.54 Å². The number of alkyl halides is 3. The van der Waals surface area contributed by atoms with Crippen LogP contribution in [-0.4, -0.2) is 19.5 Å². The largest absolute Gasteiger partial charge is 0.416 e. The van der Waals surface area contributed by atoms with Crippen LogP contribution in [0.1, 0.15) is 11.1 Å².